The molecule has 6 heteroatoms. The SMILES string of the molecule is COc1ccc2c(c(CC(C)N)cn2C)c1[N+](=O)[O-]. The number of benzene rings is 1. The second-order valence-electron chi connectivity index (χ2n) is 4.71. The first-order chi connectivity index (χ1) is 8.95. The van der Waals surface area contributed by atoms with Gasteiger partial charge in [-0.05, 0) is 31.0 Å². The molecule has 1 heterocycles. The normalized spacial score (nSPS) is 12.6. The number of methoxy groups -OCH3 is 1. The van der Waals surface area contributed by atoms with Crippen LogP contribution < -0.4 is 10.5 Å². The van der Waals surface area contributed by atoms with Crippen LogP contribution in [0.4, 0.5) is 5.69 Å². The van der Waals surface area contributed by atoms with Crippen LogP contribution in [-0.4, -0.2) is 22.6 Å². The molecule has 0 aliphatic rings. The Balaban J connectivity index is 2.80. The number of hydrogen-bond donors (Lipinski definition) is 1. The summed E-state index contributed by atoms with van der Waals surface area (Å²) in [5, 5.41) is 11.9. The summed E-state index contributed by atoms with van der Waals surface area (Å²) < 4.78 is 6.98. The molecule has 2 aromatic rings. The van der Waals surface area contributed by atoms with Crippen molar-refractivity contribution < 1.29 is 9.66 Å². The van der Waals surface area contributed by atoms with Crippen LogP contribution in [0, 0.1) is 10.1 Å². The van der Waals surface area contributed by atoms with Crippen LogP contribution in [0.5, 0.6) is 5.75 Å². The fourth-order valence-electron chi connectivity index (χ4n) is 2.39. The molecular weight excluding hydrogens is 246 g/mol. The predicted octanol–water partition coefficient (Wildman–Crippen LogP) is 1.98. The molecule has 0 radical (unpaired) electrons. The maximum Gasteiger partial charge on any atom is 0.320 e. The Morgan fingerprint density at radius 3 is 2.74 bits per heavy atom. The molecule has 0 fully saturated rings. The van der Waals surface area contributed by atoms with Gasteiger partial charge in [-0.3, -0.25) is 10.1 Å². The molecule has 1 aromatic carbocycles. The number of rotatable bonds is 4. The van der Waals surface area contributed by atoms with E-state index in [4.69, 9.17) is 10.5 Å². The summed E-state index contributed by atoms with van der Waals surface area (Å²) in [5.41, 5.74) is 7.50. The molecule has 2 rings (SSSR count). The van der Waals surface area contributed by atoms with E-state index in [0.717, 1.165) is 11.1 Å². The Hall–Kier alpha value is -2.08. The number of nitrogens with zero attached hydrogens (tertiary/aromatic N) is 2. The topological polar surface area (TPSA) is 83.3 Å². The van der Waals surface area contributed by atoms with Crippen molar-refractivity contribution in [1.29, 1.82) is 0 Å². The smallest absolute Gasteiger partial charge is 0.320 e. The van der Waals surface area contributed by atoms with Crippen molar-refractivity contribution in [2.75, 3.05) is 7.11 Å². The first-order valence-electron chi connectivity index (χ1n) is 6.00. The van der Waals surface area contributed by atoms with Crippen LogP contribution in [0.1, 0.15) is 12.5 Å². The molecule has 2 N–H and O–H groups in total. The van der Waals surface area contributed by atoms with E-state index in [1.165, 1.54) is 7.11 Å². The lowest BCUT2D eigenvalue weighted by Crippen LogP contribution is -2.17. The fraction of sp³-hybridized carbons (Fsp3) is 0.385. The second-order valence-corrected chi connectivity index (χ2v) is 4.71. The molecule has 0 amide bonds. The van der Waals surface area contributed by atoms with Gasteiger partial charge < -0.3 is 15.0 Å². The summed E-state index contributed by atoms with van der Waals surface area (Å²) in [6.45, 7) is 1.88. The van der Waals surface area contributed by atoms with Crippen molar-refractivity contribution in [2.24, 2.45) is 12.8 Å². The highest BCUT2D eigenvalue weighted by Crippen LogP contribution is 2.38. The molecule has 6 nitrogen and oxygen atoms in total. The van der Waals surface area contributed by atoms with Crippen LogP contribution in [-0.2, 0) is 13.5 Å². The number of nitrogens with two attached hydrogens (primary N) is 1. The lowest BCUT2D eigenvalue weighted by atomic mass is 10.0. The third-order valence-corrected chi connectivity index (χ3v) is 3.11. The largest absolute Gasteiger partial charge is 0.490 e. The maximum atomic E-state index is 11.3. The molecular formula is C13H17N3O3. The van der Waals surface area contributed by atoms with Gasteiger partial charge in [0.15, 0.2) is 5.75 Å². The van der Waals surface area contributed by atoms with Gasteiger partial charge in [0.25, 0.3) is 0 Å². The first kappa shape index (κ1) is 13.4. The van der Waals surface area contributed by atoms with Gasteiger partial charge in [-0.15, -0.1) is 0 Å². The quantitative estimate of drug-likeness (QED) is 0.675. The minimum atomic E-state index is -0.397. The molecule has 0 saturated heterocycles. The van der Waals surface area contributed by atoms with Gasteiger partial charge in [0.2, 0.25) is 0 Å². The lowest BCUT2D eigenvalue weighted by molar-refractivity contribution is -0.384. The number of ether oxygens (including phenoxy) is 1. The van der Waals surface area contributed by atoms with E-state index in [2.05, 4.69) is 0 Å². The van der Waals surface area contributed by atoms with E-state index >= 15 is 0 Å². The van der Waals surface area contributed by atoms with Crippen molar-refractivity contribution in [3.63, 3.8) is 0 Å². The summed E-state index contributed by atoms with van der Waals surface area (Å²) in [5.74, 6) is 0.273. The maximum absolute atomic E-state index is 11.3. The van der Waals surface area contributed by atoms with Gasteiger partial charge >= 0.3 is 5.69 Å². The minimum Gasteiger partial charge on any atom is -0.490 e. The molecule has 0 spiro atoms. The highest BCUT2D eigenvalue weighted by molar-refractivity contribution is 5.95. The van der Waals surface area contributed by atoms with Gasteiger partial charge in [-0.25, -0.2) is 0 Å². The molecule has 0 saturated carbocycles. The number of nitro groups is 1. The Bertz CT molecular complexity index is 632. The molecule has 1 atom stereocenters. The van der Waals surface area contributed by atoms with Gasteiger partial charge in [0.1, 0.15) is 0 Å². The van der Waals surface area contributed by atoms with E-state index in [1.807, 2.05) is 30.8 Å². The zero-order valence-electron chi connectivity index (χ0n) is 11.2. The minimum absolute atomic E-state index is 0.0104. The summed E-state index contributed by atoms with van der Waals surface area (Å²) >= 11 is 0. The number of aromatic nitrogens is 1. The highest BCUT2D eigenvalue weighted by atomic mass is 16.6. The van der Waals surface area contributed by atoms with Gasteiger partial charge in [0, 0.05) is 19.3 Å². The fourth-order valence-corrected chi connectivity index (χ4v) is 2.39. The van der Waals surface area contributed by atoms with E-state index in [0.29, 0.717) is 11.8 Å². The van der Waals surface area contributed by atoms with Gasteiger partial charge in [-0.2, -0.15) is 0 Å². The number of hydrogen-bond acceptors (Lipinski definition) is 4. The molecule has 0 bridgehead atoms. The zero-order chi connectivity index (χ0) is 14.2. The predicted molar refractivity (Wildman–Crippen MR) is 73.5 cm³/mol. The number of nitro benzene ring substituents is 1. The van der Waals surface area contributed by atoms with Crippen LogP contribution >= 0.6 is 0 Å². The Kier molecular flexibility index (Phi) is 3.44. The molecule has 0 aliphatic heterocycles. The van der Waals surface area contributed by atoms with E-state index < -0.39 is 4.92 Å². The van der Waals surface area contributed by atoms with Crippen LogP contribution in [0.15, 0.2) is 18.3 Å². The van der Waals surface area contributed by atoms with E-state index in [-0.39, 0.29) is 17.5 Å². The second kappa shape index (κ2) is 4.89. The lowest BCUT2D eigenvalue weighted by Gasteiger charge is -2.06. The van der Waals surface area contributed by atoms with Crippen LogP contribution in [0.2, 0.25) is 0 Å². The number of aryl methyl sites for hydroxylation is 1. The summed E-state index contributed by atoms with van der Waals surface area (Å²) in [6.07, 6.45) is 2.48. The van der Waals surface area contributed by atoms with Crippen LogP contribution in [0.3, 0.4) is 0 Å². The Morgan fingerprint density at radius 2 is 2.21 bits per heavy atom. The molecule has 102 valence electrons. The average molecular weight is 263 g/mol. The van der Waals surface area contributed by atoms with E-state index in [9.17, 15) is 10.1 Å². The van der Waals surface area contributed by atoms with E-state index in [1.54, 1.807) is 6.07 Å². The van der Waals surface area contributed by atoms with Crippen molar-refractivity contribution in [3.05, 3.63) is 34.0 Å². The molecule has 1 unspecified atom stereocenters. The summed E-state index contributed by atoms with van der Waals surface area (Å²) in [4.78, 5) is 10.9. The average Bonchev–Trinajstić information content (AvgIpc) is 2.64. The van der Waals surface area contributed by atoms with Crippen molar-refractivity contribution >= 4 is 16.6 Å². The monoisotopic (exact) mass is 263 g/mol. The number of fused-ring (bicyclic) bond motifs is 1. The molecule has 1 aromatic heterocycles. The summed E-state index contributed by atoms with van der Waals surface area (Å²) in [6, 6.07) is 3.39. The van der Waals surface area contributed by atoms with Crippen molar-refractivity contribution in [2.45, 2.75) is 19.4 Å². The van der Waals surface area contributed by atoms with Gasteiger partial charge in [0.05, 0.1) is 22.9 Å². The highest BCUT2D eigenvalue weighted by Gasteiger charge is 2.24. The third kappa shape index (κ3) is 2.26. The van der Waals surface area contributed by atoms with Crippen LogP contribution in [0.25, 0.3) is 10.9 Å². The first-order valence-corrected chi connectivity index (χ1v) is 6.00. The Morgan fingerprint density at radius 1 is 1.53 bits per heavy atom. The van der Waals surface area contributed by atoms with Gasteiger partial charge in [-0.1, -0.05) is 0 Å². The zero-order valence-corrected chi connectivity index (χ0v) is 11.2. The summed E-state index contributed by atoms with van der Waals surface area (Å²) in [7, 11) is 3.30. The molecule has 0 aliphatic carbocycles. The standard InChI is InChI=1S/C13H17N3O3/c1-8(14)6-9-7-15(2)10-4-5-11(19-3)13(12(9)10)16(17)18/h4-5,7-8H,6,14H2,1-3H3. The third-order valence-electron chi connectivity index (χ3n) is 3.11. The van der Waals surface area contributed by atoms with Crippen molar-refractivity contribution in [1.82, 2.24) is 4.57 Å². The Labute approximate surface area is 110 Å². The van der Waals surface area contributed by atoms with Crippen molar-refractivity contribution in [3.8, 4) is 5.75 Å². The molecule has 19 heavy (non-hydrogen) atoms.